The van der Waals surface area contributed by atoms with Gasteiger partial charge in [0.1, 0.15) is 5.75 Å². The first-order valence-corrected chi connectivity index (χ1v) is 9.37. The van der Waals surface area contributed by atoms with Crippen molar-refractivity contribution in [2.24, 2.45) is 10.9 Å². The smallest absolute Gasteiger partial charge is 0.422 e. The van der Waals surface area contributed by atoms with Crippen molar-refractivity contribution in [3.05, 3.63) is 29.3 Å². The number of ether oxygens (including phenoxy) is 1. The number of nitrogens with zero attached hydrogens (tertiary/aromatic N) is 1. The van der Waals surface area contributed by atoms with E-state index >= 15 is 0 Å². The lowest BCUT2D eigenvalue weighted by Gasteiger charge is -2.14. The van der Waals surface area contributed by atoms with E-state index in [0.717, 1.165) is 18.4 Å². The Kier molecular flexibility index (Phi) is 10.5. The summed E-state index contributed by atoms with van der Waals surface area (Å²) in [5.41, 5.74) is 1.37. The van der Waals surface area contributed by atoms with Crippen LogP contribution in [0.2, 0.25) is 0 Å². The quantitative estimate of drug-likeness (QED) is 0.199. The normalized spacial score (nSPS) is 14.0. The summed E-state index contributed by atoms with van der Waals surface area (Å²) in [6.45, 7) is 4.12. The fourth-order valence-corrected chi connectivity index (χ4v) is 2.45. The number of amides is 1. The summed E-state index contributed by atoms with van der Waals surface area (Å²) in [6, 6.07) is 5.09. The molecule has 1 aliphatic carbocycles. The predicted molar refractivity (Wildman–Crippen MR) is 117 cm³/mol. The van der Waals surface area contributed by atoms with Gasteiger partial charge in [-0.1, -0.05) is 12.1 Å². The molecule has 0 aromatic heterocycles. The number of aryl methyl sites for hydroxylation is 1. The number of benzene rings is 1. The van der Waals surface area contributed by atoms with Crippen molar-refractivity contribution in [3.8, 4) is 5.75 Å². The van der Waals surface area contributed by atoms with Gasteiger partial charge < -0.3 is 20.7 Å². The molecule has 0 unspecified atom stereocenters. The minimum absolute atomic E-state index is 0. The minimum atomic E-state index is -4.40. The summed E-state index contributed by atoms with van der Waals surface area (Å²) in [5, 5.41) is 9.02. The van der Waals surface area contributed by atoms with Crippen molar-refractivity contribution in [2.75, 3.05) is 26.2 Å². The maximum atomic E-state index is 12.5. The van der Waals surface area contributed by atoms with E-state index in [0.29, 0.717) is 31.2 Å². The van der Waals surface area contributed by atoms with Gasteiger partial charge in [0, 0.05) is 31.1 Å². The second-order valence-corrected chi connectivity index (χ2v) is 6.70. The Balaban J connectivity index is 0.00000420. The summed E-state index contributed by atoms with van der Waals surface area (Å²) in [6.07, 6.45) is -2.48. The Morgan fingerprint density at radius 1 is 1.21 bits per heavy atom. The molecule has 1 aromatic carbocycles. The molecular formula is C19H28F3IN4O2. The molecule has 0 radical (unpaired) electrons. The second kappa shape index (κ2) is 12.1. The monoisotopic (exact) mass is 528 g/mol. The summed E-state index contributed by atoms with van der Waals surface area (Å²) in [7, 11) is 0. The molecule has 0 aliphatic heterocycles. The number of rotatable bonds is 9. The molecule has 1 fully saturated rings. The van der Waals surface area contributed by atoms with Crippen LogP contribution in [0.25, 0.3) is 0 Å². The number of halogens is 4. The molecule has 1 saturated carbocycles. The van der Waals surface area contributed by atoms with Crippen LogP contribution < -0.4 is 20.7 Å². The van der Waals surface area contributed by atoms with Gasteiger partial charge in [0.25, 0.3) is 0 Å². The van der Waals surface area contributed by atoms with E-state index in [2.05, 4.69) is 20.9 Å². The van der Waals surface area contributed by atoms with Gasteiger partial charge >= 0.3 is 6.18 Å². The highest BCUT2D eigenvalue weighted by molar-refractivity contribution is 14.0. The van der Waals surface area contributed by atoms with Gasteiger partial charge in [0.2, 0.25) is 5.91 Å². The van der Waals surface area contributed by atoms with E-state index in [1.807, 2.05) is 6.92 Å². The summed E-state index contributed by atoms with van der Waals surface area (Å²) in [5.74, 6) is 0.938. The number of aliphatic imine (C=N–C) groups is 1. The van der Waals surface area contributed by atoms with Gasteiger partial charge in [-0.05, 0) is 38.3 Å². The van der Waals surface area contributed by atoms with Crippen molar-refractivity contribution in [2.45, 2.75) is 39.4 Å². The van der Waals surface area contributed by atoms with E-state index in [1.165, 1.54) is 0 Å². The summed E-state index contributed by atoms with van der Waals surface area (Å²) < 4.78 is 42.4. The van der Waals surface area contributed by atoms with Gasteiger partial charge in [-0.25, -0.2) is 4.99 Å². The van der Waals surface area contributed by atoms with Gasteiger partial charge in [-0.3, -0.25) is 4.79 Å². The fraction of sp³-hybridized carbons (Fsp3) is 0.579. The average molecular weight is 528 g/mol. The largest absolute Gasteiger partial charge is 0.484 e. The molecule has 6 nitrogen and oxygen atoms in total. The maximum Gasteiger partial charge on any atom is 0.422 e. The number of nitrogens with one attached hydrogen (secondary N) is 3. The summed E-state index contributed by atoms with van der Waals surface area (Å²) in [4.78, 5) is 16.0. The Labute approximate surface area is 186 Å². The van der Waals surface area contributed by atoms with Crippen LogP contribution in [0.4, 0.5) is 13.2 Å². The van der Waals surface area contributed by atoms with Crippen molar-refractivity contribution in [3.63, 3.8) is 0 Å². The molecule has 1 aromatic rings. The number of carbonyl (C=O) groups is 1. The first-order valence-electron chi connectivity index (χ1n) is 9.37. The first-order chi connectivity index (χ1) is 13.3. The zero-order valence-electron chi connectivity index (χ0n) is 16.6. The third-order valence-electron chi connectivity index (χ3n) is 4.03. The molecule has 0 bridgehead atoms. The molecular weight excluding hydrogens is 500 g/mol. The topological polar surface area (TPSA) is 74.8 Å². The van der Waals surface area contributed by atoms with Crippen LogP contribution in [-0.2, 0) is 11.3 Å². The Hall–Kier alpha value is -1.72. The number of guanidine groups is 1. The van der Waals surface area contributed by atoms with Gasteiger partial charge in [0.15, 0.2) is 12.6 Å². The lowest BCUT2D eigenvalue weighted by atomic mass is 10.1. The third kappa shape index (κ3) is 10.0. The predicted octanol–water partition coefficient (Wildman–Crippen LogP) is 3.14. The van der Waals surface area contributed by atoms with Gasteiger partial charge in [-0.15, -0.1) is 24.0 Å². The van der Waals surface area contributed by atoms with E-state index < -0.39 is 12.8 Å². The van der Waals surface area contributed by atoms with Crippen molar-refractivity contribution in [1.82, 2.24) is 16.0 Å². The van der Waals surface area contributed by atoms with Gasteiger partial charge in [0.05, 0.1) is 6.54 Å². The highest BCUT2D eigenvalue weighted by atomic mass is 127. The minimum Gasteiger partial charge on any atom is -0.484 e. The zero-order chi connectivity index (χ0) is 20.6. The number of alkyl halides is 3. The number of carbonyl (C=O) groups excluding carboxylic acids is 1. The van der Waals surface area contributed by atoms with Crippen LogP contribution in [0, 0.1) is 12.8 Å². The number of hydrogen-bond acceptors (Lipinski definition) is 3. The molecule has 0 atom stereocenters. The first kappa shape index (κ1) is 25.3. The fourth-order valence-electron chi connectivity index (χ4n) is 2.45. The SMILES string of the molecule is CCNC(=NCc1ccc(C)cc1OCC(F)(F)F)NCCNC(=O)C1CC1.I. The molecule has 3 N–H and O–H groups in total. The van der Waals surface area contributed by atoms with E-state index in [9.17, 15) is 18.0 Å². The highest BCUT2D eigenvalue weighted by Crippen LogP contribution is 2.28. The van der Waals surface area contributed by atoms with Crippen molar-refractivity contribution >= 4 is 35.8 Å². The molecule has 29 heavy (non-hydrogen) atoms. The molecule has 10 heteroatoms. The van der Waals surface area contributed by atoms with Crippen LogP contribution in [0.15, 0.2) is 23.2 Å². The molecule has 164 valence electrons. The molecule has 2 rings (SSSR count). The van der Waals surface area contributed by atoms with Crippen LogP contribution in [0.3, 0.4) is 0 Å². The Morgan fingerprint density at radius 2 is 1.90 bits per heavy atom. The summed E-state index contributed by atoms with van der Waals surface area (Å²) >= 11 is 0. The molecule has 1 amide bonds. The maximum absolute atomic E-state index is 12.5. The zero-order valence-corrected chi connectivity index (χ0v) is 18.9. The number of hydrogen-bond donors (Lipinski definition) is 3. The van der Waals surface area contributed by atoms with Gasteiger partial charge in [-0.2, -0.15) is 13.2 Å². The Morgan fingerprint density at radius 3 is 2.52 bits per heavy atom. The molecule has 0 spiro atoms. The molecule has 1 aliphatic rings. The second-order valence-electron chi connectivity index (χ2n) is 6.70. The third-order valence-corrected chi connectivity index (χ3v) is 4.03. The van der Waals surface area contributed by atoms with Crippen LogP contribution in [-0.4, -0.2) is 44.3 Å². The van der Waals surface area contributed by atoms with Crippen LogP contribution in [0.5, 0.6) is 5.75 Å². The Bertz CT molecular complexity index is 695. The van der Waals surface area contributed by atoms with Crippen molar-refractivity contribution in [1.29, 1.82) is 0 Å². The van der Waals surface area contributed by atoms with Crippen molar-refractivity contribution < 1.29 is 22.7 Å². The average Bonchev–Trinajstić information content (AvgIpc) is 3.46. The van der Waals surface area contributed by atoms with Crippen LogP contribution >= 0.6 is 24.0 Å². The molecule has 0 saturated heterocycles. The highest BCUT2D eigenvalue weighted by Gasteiger charge is 2.29. The standard InChI is InChI=1S/C19H27F3N4O2.HI/c1-3-23-18(25-9-8-24-17(27)14-6-7-14)26-11-15-5-4-13(2)10-16(15)28-12-19(20,21)22;/h4-5,10,14H,3,6-9,11-12H2,1-2H3,(H,24,27)(H2,23,25,26);1H. The van der Waals surface area contributed by atoms with E-state index in [4.69, 9.17) is 4.74 Å². The lowest BCUT2D eigenvalue weighted by molar-refractivity contribution is -0.153. The molecule has 0 heterocycles. The van der Waals surface area contributed by atoms with Crippen LogP contribution in [0.1, 0.15) is 30.9 Å². The lowest BCUT2D eigenvalue weighted by Crippen LogP contribution is -2.41. The van der Waals surface area contributed by atoms with E-state index in [-0.39, 0.29) is 48.1 Å². The van der Waals surface area contributed by atoms with E-state index in [1.54, 1.807) is 25.1 Å².